The second-order valence-electron chi connectivity index (χ2n) is 3.87. The standard InChI is InChI=1S/C9H14F2N2O/c1-7-5-13(4-3-12)6-9(2,14-7)8(10)11/h7-8H,4-6H2,1-2H3. The topological polar surface area (TPSA) is 36.3 Å². The van der Waals surface area contributed by atoms with Crippen LogP contribution in [0, 0.1) is 11.3 Å². The van der Waals surface area contributed by atoms with E-state index >= 15 is 0 Å². The van der Waals surface area contributed by atoms with E-state index in [1.165, 1.54) is 6.92 Å². The highest BCUT2D eigenvalue weighted by Crippen LogP contribution is 2.27. The maximum absolute atomic E-state index is 12.7. The number of alkyl halides is 2. The summed E-state index contributed by atoms with van der Waals surface area (Å²) in [5.74, 6) is 0. The number of hydrogen-bond donors (Lipinski definition) is 0. The molecule has 1 heterocycles. The fraction of sp³-hybridized carbons (Fsp3) is 0.889. The van der Waals surface area contributed by atoms with Crippen molar-refractivity contribution < 1.29 is 13.5 Å². The summed E-state index contributed by atoms with van der Waals surface area (Å²) in [4.78, 5) is 1.69. The molecule has 0 bridgehead atoms. The Kier molecular flexibility index (Phi) is 3.40. The number of nitriles is 1. The maximum Gasteiger partial charge on any atom is 0.268 e. The van der Waals surface area contributed by atoms with Gasteiger partial charge < -0.3 is 4.74 Å². The lowest BCUT2D eigenvalue weighted by Crippen LogP contribution is -2.56. The highest BCUT2D eigenvalue weighted by Gasteiger charge is 2.42. The highest BCUT2D eigenvalue weighted by atomic mass is 19.3. The molecule has 0 saturated carbocycles. The molecule has 0 aromatic rings. The first-order valence-corrected chi connectivity index (χ1v) is 4.53. The van der Waals surface area contributed by atoms with E-state index in [0.29, 0.717) is 6.54 Å². The van der Waals surface area contributed by atoms with Crippen molar-refractivity contribution >= 4 is 0 Å². The van der Waals surface area contributed by atoms with Crippen LogP contribution < -0.4 is 0 Å². The van der Waals surface area contributed by atoms with Crippen molar-refractivity contribution in [1.82, 2.24) is 4.90 Å². The van der Waals surface area contributed by atoms with Crippen LogP contribution in [0.3, 0.4) is 0 Å². The molecule has 14 heavy (non-hydrogen) atoms. The first-order valence-electron chi connectivity index (χ1n) is 4.53. The Balaban J connectivity index is 2.67. The van der Waals surface area contributed by atoms with Crippen LogP contribution in [-0.2, 0) is 4.74 Å². The summed E-state index contributed by atoms with van der Waals surface area (Å²) in [6, 6.07) is 1.96. The van der Waals surface area contributed by atoms with Crippen LogP contribution in [0.2, 0.25) is 0 Å². The van der Waals surface area contributed by atoms with Gasteiger partial charge in [-0.15, -0.1) is 0 Å². The number of halogens is 2. The van der Waals surface area contributed by atoms with Gasteiger partial charge in [0.2, 0.25) is 0 Å². The lowest BCUT2D eigenvalue weighted by atomic mass is 10.0. The van der Waals surface area contributed by atoms with Gasteiger partial charge in [0.1, 0.15) is 5.60 Å². The summed E-state index contributed by atoms with van der Waals surface area (Å²) in [7, 11) is 0. The van der Waals surface area contributed by atoms with Crippen LogP contribution in [0.25, 0.3) is 0 Å². The number of nitrogens with zero attached hydrogens (tertiary/aromatic N) is 2. The zero-order valence-electron chi connectivity index (χ0n) is 8.33. The largest absolute Gasteiger partial charge is 0.364 e. The first kappa shape index (κ1) is 11.3. The van der Waals surface area contributed by atoms with Gasteiger partial charge in [0.15, 0.2) is 0 Å². The number of rotatable bonds is 2. The number of ether oxygens (including phenoxy) is 1. The highest BCUT2D eigenvalue weighted by molar-refractivity contribution is 4.91. The third kappa shape index (κ3) is 2.40. The molecule has 2 unspecified atom stereocenters. The molecule has 5 heteroatoms. The fourth-order valence-electron chi connectivity index (χ4n) is 1.75. The zero-order valence-corrected chi connectivity index (χ0v) is 8.33. The van der Waals surface area contributed by atoms with Crippen LogP contribution in [0.15, 0.2) is 0 Å². The van der Waals surface area contributed by atoms with Crippen molar-refractivity contribution in [2.75, 3.05) is 19.6 Å². The summed E-state index contributed by atoms with van der Waals surface area (Å²) < 4.78 is 30.5. The van der Waals surface area contributed by atoms with Gasteiger partial charge in [0, 0.05) is 13.1 Å². The van der Waals surface area contributed by atoms with Crippen molar-refractivity contribution in [3.05, 3.63) is 0 Å². The Labute approximate surface area is 82.2 Å². The van der Waals surface area contributed by atoms with Crippen LogP contribution >= 0.6 is 0 Å². The summed E-state index contributed by atoms with van der Waals surface area (Å²) >= 11 is 0. The normalized spacial score (nSPS) is 34.4. The van der Waals surface area contributed by atoms with Crippen molar-refractivity contribution in [1.29, 1.82) is 5.26 Å². The van der Waals surface area contributed by atoms with E-state index in [1.54, 1.807) is 11.8 Å². The Morgan fingerprint density at radius 3 is 2.86 bits per heavy atom. The Bertz CT molecular complexity index is 241. The maximum atomic E-state index is 12.7. The van der Waals surface area contributed by atoms with Gasteiger partial charge in [-0.2, -0.15) is 5.26 Å². The minimum absolute atomic E-state index is 0.114. The van der Waals surface area contributed by atoms with Crippen LogP contribution in [-0.4, -0.2) is 42.7 Å². The second kappa shape index (κ2) is 4.20. The molecule has 0 N–H and O–H groups in total. The quantitative estimate of drug-likeness (QED) is 0.635. The molecule has 0 aromatic carbocycles. The van der Waals surface area contributed by atoms with Crippen LogP contribution in [0.4, 0.5) is 8.78 Å². The molecule has 1 aliphatic rings. The van der Waals surface area contributed by atoms with E-state index in [1.807, 2.05) is 6.07 Å². The van der Waals surface area contributed by atoms with E-state index in [0.717, 1.165) is 0 Å². The third-order valence-electron chi connectivity index (χ3n) is 2.28. The molecule has 0 radical (unpaired) electrons. The monoisotopic (exact) mass is 204 g/mol. The van der Waals surface area contributed by atoms with E-state index < -0.39 is 12.0 Å². The lowest BCUT2D eigenvalue weighted by molar-refractivity contribution is -0.196. The summed E-state index contributed by atoms with van der Waals surface area (Å²) in [5.41, 5.74) is -1.44. The van der Waals surface area contributed by atoms with Gasteiger partial charge in [-0.1, -0.05) is 0 Å². The molecule has 0 aliphatic carbocycles. The van der Waals surface area contributed by atoms with E-state index in [2.05, 4.69) is 0 Å². The SMILES string of the molecule is CC1CN(CC#N)CC(C)(C(F)F)O1. The van der Waals surface area contributed by atoms with E-state index in [9.17, 15) is 8.78 Å². The number of hydrogen-bond acceptors (Lipinski definition) is 3. The molecule has 0 amide bonds. The van der Waals surface area contributed by atoms with Crippen molar-refractivity contribution in [3.8, 4) is 6.07 Å². The van der Waals surface area contributed by atoms with Gasteiger partial charge in [-0.05, 0) is 13.8 Å². The Morgan fingerprint density at radius 2 is 2.36 bits per heavy atom. The van der Waals surface area contributed by atoms with Crippen LogP contribution in [0.1, 0.15) is 13.8 Å². The fourth-order valence-corrected chi connectivity index (χ4v) is 1.75. The average Bonchev–Trinajstić information content (AvgIpc) is 2.02. The van der Waals surface area contributed by atoms with Crippen molar-refractivity contribution in [2.45, 2.75) is 32.0 Å². The molecular weight excluding hydrogens is 190 g/mol. The van der Waals surface area contributed by atoms with Crippen molar-refractivity contribution in [3.63, 3.8) is 0 Å². The van der Waals surface area contributed by atoms with Crippen LogP contribution in [0.5, 0.6) is 0 Å². The van der Waals surface area contributed by atoms with Gasteiger partial charge in [0.25, 0.3) is 6.43 Å². The summed E-state index contributed by atoms with van der Waals surface area (Å²) in [6.45, 7) is 3.95. The molecule has 80 valence electrons. The average molecular weight is 204 g/mol. The molecule has 3 nitrogen and oxygen atoms in total. The summed E-state index contributed by atoms with van der Waals surface area (Å²) in [5, 5.41) is 8.49. The Morgan fingerprint density at radius 1 is 1.71 bits per heavy atom. The zero-order chi connectivity index (χ0) is 10.8. The minimum Gasteiger partial charge on any atom is -0.364 e. The molecule has 0 aromatic heterocycles. The molecule has 1 rings (SSSR count). The van der Waals surface area contributed by atoms with Gasteiger partial charge >= 0.3 is 0 Å². The van der Waals surface area contributed by atoms with E-state index in [4.69, 9.17) is 10.00 Å². The Hall–Kier alpha value is -0.730. The first-order chi connectivity index (χ1) is 6.48. The second-order valence-corrected chi connectivity index (χ2v) is 3.87. The predicted molar refractivity (Wildman–Crippen MR) is 47.0 cm³/mol. The van der Waals surface area contributed by atoms with Gasteiger partial charge in [-0.25, -0.2) is 8.78 Å². The molecule has 2 atom stereocenters. The molecule has 0 spiro atoms. The molecule has 1 aliphatic heterocycles. The van der Waals surface area contributed by atoms with Gasteiger partial charge in [-0.3, -0.25) is 4.90 Å². The van der Waals surface area contributed by atoms with Crippen molar-refractivity contribution in [2.24, 2.45) is 0 Å². The van der Waals surface area contributed by atoms with Gasteiger partial charge in [0.05, 0.1) is 18.7 Å². The minimum atomic E-state index is -2.52. The molecule has 1 saturated heterocycles. The smallest absolute Gasteiger partial charge is 0.268 e. The third-order valence-corrected chi connectivity index (χ3v) is 2.28. The summed E-state index contributed by atoms with van der Waals surface area (Å²) in [6.07, 6.45) is -2.78. The number of morpholine rings is 1. The predicted octanol–water partition coefficient (Wildman–Crippen LogP) is 1.25. The molecule has 1 fully saturated rings. The lowest BCUT2D eigenvalue weighted by Gasteiger charge is -2.42. The molecular formula is C9H14F2N2O. The van der Waals surface area contributed by atoms with E-state index in [-0.39, 0.29) is 19.2 Å².